The Hall–Kier alpha value is -1.07. The van der Waals surface area contributed by atoms with Gasteiger partial charge in [-0.3, -0.25) is 9.69 Å². The van der Waals surface area contributed by atoms with Crippen molar-refractivity contribution in [3.8, 4) is 0 Å². The van der Waals surface area contributed by atoms with Crippen molar-refractivity contribution in [1.29, 1.82) is 0 Å². The van der Waals surface area contributed by atoms with Crippen LogP contribution in [0.3, 0.4) is 0 Å². The van der Waals surface area contributed by atoms with E-state index in [9.17, 15) is 4.79 Å². The Morgan fingerprint density at radius 1 is 1.25 bits per heavy atom. The summed E-state index contributed by atoms with van der Waals surface area (Å²) in [6.07, 6.45) is 5.61. The normalized spacial score (nSPS) is 17.4. The highest BCUT2D eigenvalue weighted by molar-refractivity contribution is 6.19. The Labute approximate surface area is 125 Å². The second kappa shape index (κ2) is 6.59. The van der Waals surface area contributed by atoms with Crippen LogP contribution in [-0.4, -0.2) is 63.9 Å². The average Bonchev–Trinajstić information content (AvgIpc) is 2.98. The molecule has 0 bridgehead atoms. The van der Waals surface area contributed by atoms with E-state index in [1.807, 2.05) is 31.3 Å². The van der Waals surface area contributed by atoms with Gasteiger partial charge >= 0.3 is 0 Å². The van der Waals surface area contributed by atoms with E-state index < -0.39 is 5.41 Å². The molecule has 0 aliphatic carbocycles. The fraction of sp³-hybridized carbons (Fsp3) is 0.714. The zero-order valence-corrected chi connectivity index (χ0v) is 13.0. The quantitative estimate of drug-likeness (QED) is 0.769. The summed E-state index contributed by atoms with van der Waals surface area (Å²) >= 11 is 5.88. The number of halogens is 1. The summed E-state index contributed by atoms with van der Waals surface area (Å²) in [7, 11) is 0. The summed E-state index contributed by atoms with van der Waals surface area (Å²) in [6, 6.07) is 0. The van der Waals surface area contributed by atoms with E-state index in [-0.39, 0.29) is 5.91 Å². The van der Waals surface area contributed by atoms with Gasteiger partial charge in [0.25, 0.3) is 0 Å². The molecule has 0 aromatic carbocycles. The van der Waals surface area contributed by atoms with Crippen molar-refractivity contribution >= 4 is 17.5 Å². The Morgan fingerprint density at radius 2 is 1.95 bits per heavy atom. The highest BCUT2D eigenvalue weighted by Crippen LogP contribution is 2.21. The molecular formula is C14H23ClN4O. The second-order valence-electron chi connectivity index (χ2n) is 5.95. The largest absolute Gasteiger partial charge is 0.340 e. The lowest BCUT2D eigenvalue weighted by molar-refractivity contribution is -0.141. The number of rotatable bonds is 5. The van der Waals surface area contributed by atoms with E-state index >= 15 is 0 Å². The Balaban J connectivity index is 1.76. The van der Waals surface area contributed by atoms with Crippen LogP contribution in [0.1, 0.15) is 13.8 Å². The summed E-state index contributed by atoms with van der Waals surface area (Å²) in [5.74, 6) is 0.536. The molecule has 0 unspecified atom stereocenters. The number of imidazole rings is 1. The third kappa shape index (κ3) is 3.73. The van der Waals surface area contributed by atoms with Crippen LogP contribution in [0.2, 0.25) is 0 Å². The van der Waals surface area contributed by atoms with Crippen LogP contribution in [0, 0.1) is 5.41 Å². The van der Waals surface area contributed by atoms with Gasteiger partial charge in [-0.25, -0.2) is 4.98 Å². The predicted molar refractivity (Wildman–Crippen MR) is 79.7 cm³/mol. The van der Waals surface area contributed by atoms with Gasteiger partial charge in [-0.2, -0.15) is 0 Å². The third-order valence-electron chi connectivity index (χ3n) is 3.81. The Bertz CT molecular complexity index is 424. The maximum Gasteiger partial charge on any atom is 0.229 e. The maximum atomic E-state index is 12.3. The molecule has 20 heavy (non-hydrogen) atoms. The summed E-state index contributed by atoms with van der Waals surface area (Å²) in [5.41, 5.74) is -0.458. The molecule has 1 aromatic rings. The molecule has 0 spiro atoms. The fourth-order valence-corrected chi connectivity index (χ4v) is 2.45. The van der Waals surface area contributed by atoms with E-state index in [0.29, 0.717) is 5.88 Å². The predicted octanol–water partition coefficient (Wildman–Crippen LogP) is 1.29. The van der Waals surface area contributed by atoms with Gasteiger partial charge in [0.2, 0.25) is 5.91 Å². The van der Waals surface area contributed by atoms with Crippen molar-refractivity contribution in [1.82, 2.24) is 19.4 Å². The van der Waals surface area contributed by atoms with E-state index in [0.717, 1.165) is 39.3 Å². The standard InChI is InChI=1S/C14H23ClN4O/c1-14(2,11-15)13(20)19-9-7-17(8-10-19)5-6-18-4-3-16-12-18/h3-4,12H,5-11H2,1-2H3. The number of carbonyl (C=O) groups is 1. The zero-order chi connectivity index (χ0) is 14.6. The number of hydrogen-bond acceptors (Lipinski definition) is 3. The zero-order valence-electron chi connectivity index (χ0n) is 12.3. The topological polar surface area (TPSA) is 41.4 Å². The maximum absolute atomic E-state index is 12.3. The summed E-state index contributed by atoms with van der Waals surface area (Å²) < 4.78 is 2.08. The molecule has 1 fully saturated rings. The SMILES string of the molecule is CC(C)(CCl)C(=O)N1CCN(CCn2ccnc2)CC1. The molecule has 112 valence electrons. The van der Waals surface area contributed by atoms with E-state index in [1.165, 1.54) is 0 Å². The van der Waals surface area contributed by atoms with Crippen LogP contribution < -0.4 is 0 Å². The number of piperazine rings is 1. The first-order valence-corrected chi connectivity index (χ1v) is 7.60. The molecule has 5 nitrogen and oxygen atoms in total. The average molecular weight is 299 g/mol. The van der Waals surface area contributed by atoms with Gasteiger partial charge in [0, 0.05) is 57.5 Å². The molecule has 1 amide bonds. The smallest absolute Gasteiger partial charge is 0.229 e. The highest BCUT2D eigenvalue weighted by Gasteiger charge is 2.32. The van der Waals surface area contributed by atoms with E-state index in [4.69, 9.17) is 11.6 Å². The number of nitrogens with zero attached hydrogens (tertiary/aromatic N) is 4. The van der Waals surface area contributed by atoms with Crippen molar-refractivity contribution < 1.29 is 4.79 Å². The van der Waals surface area contributed by atoms with E-state index in [1.54, 1.807) is 6.20 Å². The molecule has 1 saturated heterocycles. The Morgan fingerprint density at radius 3 is 2.50 bits per heavy atom. The van der Waals surface area contributed by atoms with Crippen molar-refractivity contribution in [3.63, 3.8) is 0 Å². The minimum Gasteiger partial charge on any atom is -0.340 e. The molecule has 2 rings (SSSR count). The van der Waals surface area contributed by atoms with Crippen molar-refractivity contribution in [2.24, 2.45) is 5.41 Å². The van der Waals surface area contributed by atoms with Gasteiger partial charge in [0.1, 0.15) is 0 Å². The van der Waals surface area contributed by atoms with Gasteiger partial charge in [0.15, 0.2) is 0 Å². The highest BCUT2D eigenvalue weighted by atomic mass is 35.5. The fourth-order valence-electron chi connectivity index (χ4n) is 2.34. The van der Waals surface area contributed by atoms with E-state index in [2.05, 4.69) is 14.5 Å². The van der Waals surface area contributed by atoms with Gasteiger partial charge in [-0.15, -0.1) is 11.6 Å². The van der Waals surface area contributed by atoms with Crippen molar-refractivity contribution in [2.75, 3.05) is 38.6 Å². The summed E-state index contributed by atoms with van der Waals surface area (Å²) in [5, 5.41) is 0. The van der Waals surface area contributed by atoms with Crippen LogP contribution >= 0.6 is 11.6 Å². The van der Waals surface area contributed by atoms with Crippen LogP contribution in [-0.2, 0) is 11.3 Å². The molecule has 1 aliphatic heterocycles. The second-order valence-corrected chi connectivity index (χ2v) is 6.22. The van der Waals surface area contributed by atoms with Gasteiger partial charge in [0.05, 0.1) is 11.7 Å². The lowest BCUT2D eigenvalue weighted by atomic mass is 9.94. The van der Waals surface area contributed by atoms with Gasteiger partial charge in [-0.1, -0.05) is 0 Å². The third-order valence-corrected chi connectivity index (χ3v) is 4.47. The molecular weight excluding hydrogens is 276 g/mol. The first-order valence-electron chi connectivity index (χ1n) is 7.06. The molecule has 0 radical (unpaired) electrons. The number of hydrogen-bond donors (Lipinski definition) is 0. The lowest BCUT2D eigenvalue weighted by Gasteiger charge is -2.38. The minimum absolute atomic E-state index is 0.168. The molecule has 0 N–H and O–H groups in total. The molecule has 0 saturated carbocycles. The van der Waals surface area contributed by atoms with Crippen molar-refractivity contribution in [2.45, 2.75) is 20.4 Å². The molecule has 1 aliphatic rings. The van der Waals surface area contributed by atoms with Gasteiger partial charge < -0.3 is 9.47 Å². The molecule has 0 atom stereocenters. The van der Waals surface area contributed by atoms with Crippen LogP contribution in [0.5, 0.6) is 0 Å². The monoisotopic (exact) mass is 298 g/mol. The summed E-state index contributed by atoms with van der Waals surface area (Å²) in [6.45, 7) is 9.21. The van der Waals surface area contributed by atoms with Crippen LogP contribution in [0.4, 0.5) is 0 Å². The Kier molecular flexibility index (Phi) is 5.05. The number of amides is 1. The van der Waals surface area contributed by atoms with Crippen LogP contribution in [0.25, 0.3) is 0 Å². The molecule has 2 heterocycles. The first-order chi connectivity index (χ1) is 9.53. The summed E-state index contributed by atoms with van der Waals surface area (Å²) in [4.78, 5) is 20.7. The van der Waals surface area contributed by atoms with Crippen LogP contribution in [0.15, 0.2) is 18.7 Å². The molecule has 6 heteroatoms. The minimum atomic E-state index is -0.458. The lowest BCUT2D eigenvalue weighted by Crippen LogP contribution is -2.52. The number of alkyl halides is 1. The number of carbonyl (C=O) groups excluding carboxylic acids is 1. The molecule has 1 aromatic heterocycles. The van der Waals surface area contributed by atoms with Gasteiger partial charge in [-0.05, 0) is 13.8 Å². The first kappa shape index (κ1) is 15.3. The van der Waals surface area contributed by atoms with Crippen molar-refractivity contribution in [3.05, 3.63) is 18.7 Å². The number of aromatic nitrogens is 2.